The molecule has 4 aromatic carbocycles. The molecule has 0 spiro atoms. The van der Waals surface area contributed by atoms with Crippen LogP contribution < -0.4 is 10.6 Å². The molecule has 2 saturated heterocycles. The van der Waals surface area contributed by atoms with E-state index in [1.54, 1.807) is 4.90 Å². The molecule has 0 radical (unpaired) electrons. The quantitative estimate of drug-likeness (QED) is 0.110. The van der Waals surface area contributed by atoms with Crippen molar-refractivity contribution >= 4 is 45.8 Å². The van der Waals surface area contributed by atoms with Gasteiger partial charge in [-0.15, -0.1) is 0 Å². The molecule has 4 N–H and O–H groups in total. The standard InChI is InChI=1S/C45H48N8O6/c1-26(2)38(50-44(56)58-3)42(54)52-20-8-12-36(52)40-46-25-35(49-40)32-17-16-28-22-29(14-15-30(28)23-32)31-18-19-33-34(24-31)48-41(47-33)37-13-9-21-53(37)43(55)39(51-45(57)59-4)27-10-6-5-7-11-27/h5-7,10-11,14-19,22-26,36-39H,8-9,12-13,20-21H2,1-4H3,(H,46,49)(H,47,48)(H,50,56)(H,51,57)/t36-,37-,38-,39+/m0/s1. The summed E-state index contributed by atoms with van der Waals surface area (Å²) >= 11 is 0. The van der Waals surface area contributed by atoms with E-state index in [1.165, 1.54) is 14.2 Å². The van der Waals surface area contributed by atoms with E-state index < -0.39 is 24.3 Å². The number of methoxy groups -OCH3 is 2. The van der Waals surface area contributed by atoms with Crippen LogP contribution in [0.25, 0.3) is 44.2 Å². The normalized spacial score (nSPS) is 17.6. The number of carbonyl (C=O) groups excluding carboxylic acids is 4. The van der Waals surface area contributed by atoms with Crippen molar-refractivity contribution in [2.24, 2.45) is 5.92 Å². The average molecular weight is 797 g/mol. The number of H-pyrrole nitrogens is 2. The largest absolute Gasteiger partial charge is 0.453 e. The molecule has 0 unspecified atom stereocenters. The number of aromatic nitrogens is 4. The summed E-state index contributed by atoms with van der Waals surface area (Å²) in [6, 6.07) is 25.9. The predicted molar refractivity (Wildman–Crippen MR) is 223 cm³/mol. The van der Waals surface area contributed by atoms with E-state index in [2.05, 4.69) is 69.1 Å². The fourth-order valence-corrected chi connectivity index (χ4v) is 8.40. The van der Waals surface area contributed by atoms with E-state index >= 15 is 0 Å². The Morgan fingerprint density at radius 3 is 2.02 bits per heavy atom. The van der Waals surface area contributed by atoms with Gasteiger partial charge in [-0.25, -0.2) is 19.6 Å². The molecule has 2 aromatic heterocycles. The average Bonchev–Trinajstić information content (AvgIpc) is 4.10. The fraction of sp³-hybridized carbons (Fsp3) is 0.333. The van der Waals surface area contributed by atoms with Crippen molar-refractivity contribution in [2.75, 3.05) is 27.3 Å². The number of likely N-dealkylation sites (tertiary alicyclic amines) is 2. The number of nitrogens with one attached hydrogen (secondary N) is 4. The topological polar surface area (TPSA) is 175 Å². The molecule has 0 bridgehead atoms. The number of aromatic amines is 2. The molecule has 14 nitrogen and oxygen atoms in total. The van der Waals surface area contributed by atoms with Crippen LogP contribution >= 0.6 is 0 Å². The monoisotopic (exact) mass is 796 g/mol. The highest BCUT2D eigenvalue weighted by Gasteiger charge is 2.39. The van der Waals surface area contributed by atoms with Crippen molar-refractivity contribution < 1.29 is 28.7 Å². The molecule has 2 aliphatic heterocycles. The number of carbonyl (C=O) groups is 4. The number of hydrogen-bond acceptors (Lipinski definition) is 8. The van der Waals surface area contributed by atoms with Gasteiger partial charge in [-0.05, 0) is 83.3 Å². The van der Waals surface area contributed by atoms with E-state index in [-0.39, 0.29) is 29.8 Å². The second-order valence-corrected chi connectivity index (χ2v) is 15.5. The van der Waals surface area contributed by atoms with Gasteiger partial charge in [0.15, 0.2) is 0 Å². The van der Waals surface area contributed by atoms with Crippen molar-refractivity contribution in [2.45, 2.75) is 63.7 Å². The highest BCUT2D eigenvalue weighted by Crippen LogP contribution is 2.36. The van der Waals surface area contributed by atoms with Gasteiger partial charge in [-0.2, -0.15) is 0 Å². The van der Waals surface area contributed by atoms with E-state index in [1.807, 2.05) is 61.3 Å². The lowest BCUT2D eigenvalue weighted by atomic mass is 9.99. The van der Waals surface area contributed by atoms with Crippen molar-refractivity contribution in [1.29, 1.82) is 0 Å². The Morgan fingerprint density at radius 2 is 1.32 bits per heavy atom. The van der Waals surface area contributed by atoms with Gasteiger partial charge in [0.1, 0.15) is 23.7 Å². The van der Waals surface area contributed by atoms with Gasteiger partial charge in [0.2, 0.25) is 5.91 Å². The van der Waals surface area contributed by atoms with Gasteiger partial charge >= 0.3 is 12.2 Å². The molecule has 4 atom stereocenters. The third-order valence-electron chi connectivity index (χ3n) is 11.5. The minimum atomic E-state index is -0.886. The van der Waals surface area contributed by atoms with Gasteiger partial charge in [-0.1, -0.05) is 74.5 Å². The Hall–Kier alpha value is -6.70. The molecular formula is C45H48N8O6. The van der Waals surface area contributed by atoms with Gasteiger partial charge in [-0.3, -0.25) is 9.59 Å². The summed E-state index contributed by atoms with van der Waals surface area (Å²) < 4.78 is 9.61. The lowest BCUT2D eigenvalue weighted by molar-refractivity contribution is -0.135. The van der Waals surface area contributed by atoms with Crippen LogP contribution in [0.15, 0.2) is 91.1 Å². The first-order valence-electron chi connectivity index (χ1n) is 20.1. The van der Waals surface area contributed by atoms with Crippen LogP contribution in [0.2, 0.25) is 0 Å². The Balaban J connectivity index is 0.987. The number of nitrogens with zero attached hydrogens (tertiary/aromatic N) is 4. The zero-order valence-corrected chi connectivity index (χ0v) is 33.5. The van der Waals surface area contributed by atoms with Crippen molar-refractivity contribution in [3.05, 3.63) is 108 Å². The van der Waals surface area contributed by atoms with Crippen molar-refractivity contribution in [3.8, 4) is 22.4 Å². The summed E-state index contributed by atoms with van der Waals surface area (Å²) in [4.78, 5) is 72.1. The lowest BCUT2D eigenvalue weighted by Crippen LogP contribution is -2.51. The molecule has 4 heterocycles. The van der Waals surface area contributed by atoms with E-state index in [0.29, 0.717) is 24.5 Å². The Morgan fingerprint density at radius 1 is 0.712 bits per heavy atom. The van der Waals surface area contributed by atoms with Crippen molar-refractivity contribution in [1.82, 2.24) is 40.4 Å². The van der Waals surface area contributed by atoms with Gasteiger partial charge in [0.25, 0.3) is 5.91 Å². The molecular weight excluding hydrogens is 749 g/mol. The Bertz CT molecular complexity index is 2510. The maximum atomic E-state index is 14.0. The molecule has 4 amide bonds. The number of imidazole rings is 2. The van der Waals surface area contributed by atoms with Gasteiger partial charge < -0.3 is 39.9 Å². The summed E-state index contributed by atoms with van der Waals surface area (Å²) in [6.07, 6.45) is 3.70. The first kappa shape index (κ1) is 39.1. The molecule has 14 heteroatoms. The predicted octanol–water partition coefficient (Wildman–Crippen LogP) is 7.58. The first-order valence-corrected chi connectivity index (χ1v) is 20.1. The molecule has 2 fully saturated rings. The lowest BCUT2D eigenvalue weighted by Gasteiger charge is -2.30. The summed E-state index contributed by atoms with van der Waals surface area (Å²) in [5, 5.41) is 7.57. The van der Waals surface area contributed by atoms with E-state index in [0.717, 1.165) is 75.7 Å². The number of hydrogen-bond donors (Lipinski definition) is 4. The zero-order chi connectivity index (χ0) is 41.2. The molecule has 0 saturated carbocycles. The summed E-state index contributed by atoms with van der Waals surface area (Å²) in [6.45, 7) is 4.94. The second-order valence-electron chi connectivity index (χ2n) is 15.5. The molecule has 6 aromatic rings. The zero-order valence-electron chi connectivity index (χ0n) is 33.5. The maximum absolute atomic E-state index is 14.0. The minimum absolute atomic E-state index is 0.111. The van der Waals surface area contributed by atoms with Crippen LogP contribution in [-0.2, 0) is 19.1 Å². The first-order chi connectivity index (χ1) is 28.6. The van der Waals surface area contributed by atoms with Crippen LogP contribution in [0.3, 0.4) is 0 Å². The summed E-state index contributed by atoms with van der Waals surface area (Å²) in [5.41, 5.74) is 6.28. The molecule has 0 aliphatic carbocycles. The molecule has 59 heavy (non-hydrogen) atoms. The Labute approximate surface area is 341 Å². The third kappa shape index (κ3) is 7.94. The number of ether oxygens (including phenoxy) is 2. The fourth-order valence-electron chi connectivity index (χ4n) is 8.40. The summed E-state index contributed by atoms with van der Waals surface area (Å²) in [7, 11) is 2.57. The molecule has 2 aliphatic rings. The number of fused-ring (bicyclic) bond motifs is 2. The van der Waals surface area contributed by atoms with E-state index in [9.17, 15) is 19.2 Å². The number of alkyl carbamates (subject to hydrolysis) is 2. The smallest absolute Gasteiger partial charge is 0.407 e. The third-order valence-corrected chi connectivity index (χ3v) is 11.5. The molecule has 304 valence electrons. The minimum Gasteiger partial charge on any atom is -0.453 e. The van der Waals surface area contributed by atoms with Gasteiger partial charge in [0.05, 0.1) is 49.2 Å². The van der Waals surface area contributed by atoms with Crippen molar-refractivity contribution in [3.63, 3.8) is 0 Å². The SMILES string of the molecule is COC(=O)N[C@H](C(=O)N1CCC[C@H]1c1ncc(-c2ccc3cc(-c4ccc5nc([C@@H]6CCCN6C(=O)[C@H](NC(=O)OC)c6ccccc6)[nH]c5c4)ccc3c2)[nH]1)C(C)C. The van der Waals surface area contributed by atoms with Crippen LogP contribution in [0.5, 0.6) is 0 Å². The molecule has 8 rings (SSSR count). The maximum Gasteiger partial charge on any atom is 0.407 e. The number of amides is 4. The van der Waals surface area contributed by atoms with Gasteiger partial charge in [0, 0.05) is 18.7 Å². The highest BCUT2D eigenvalue weighted by molar-refractivity contribution is 5.92. The number of rotatable bonds is 10. The highest BCUT2D eigenvalue weighted by atomic mass is 16.5. The second kappa shape index (κ2) is 16.6. The van der Waals surface area contributed by atoms with Crippen LogP contribution in [0, 0.1) is 5.92 Å². The summed E-state index contributed by atoms with van der Waals surface area (Å²) in [5.74, 6) is 0.966. The van der Waals surface area contributed by atoms with E-state index in [4.69, 9.17) is 19.4 Å². The van der Waals surface area contributed by atoms with Crippen LogP contribution in [0.1, 0.15) is 74.9 Å². The number of benzene rings is 4. The van der Waals surface area contributed by atoms with Crippen LogP contribution in [0.4, 0.5) is 9.59 Å². The van der Waals surface area contributed by atoms with Crippen LogP contribution in [-0.4, -0.2) is 87.1 Å². The Kier molecular flexibility index (Phi) is 11.0.